The summed E-state index contributed by atoms with van der Waals surface area (Å²) in [5, 5.41) is 3.37. The molecule has 1 aliphatic heterocycles. The predicted octanol–water partition coefficient (Wildman–Crippen LogP) is 3.42. The predicted molar refractivity (Wildman–Crippen MR) is 92.0 cm³/mol. The lowest BCUT2D eigenvalue weighted by Gasteiger charge is -2.43. The van der Waals surface area contributed by atoms with E-state index >= 15 is 0 Å². The zero-order valence-electron chi connectivity index (χ0n) is 12.9. The first-order chi connectivity index (χ1) is 9.79. The van der Waals surface area contributed by atoms with E-state index in [-0.39, 0.29) is 36.7 Å². The molecule has 0 radical (unpaired) electrons. The third-order valence-corrected chi connectivity index (χ3v) is 4.66. The van der Waals surface area contributed by atoms with Crippen molar-refractivity contribution in [1.82, 2.24) is 10.2 Å². The van der Waals surface area contributed by atoms with Gasteiger partial charge in [-0.2, -0.15) is 0 Å². The van der Waals surface area contributed by atoms with E-state index < -0.39 is 0 Å². The normalized spacial score (nSPS) is 20.3. The first-order valence-corrected chi connectivity index (χ1v) is 7.58. The van der Waals surface area contributed by atoms with Gasteiger partial charge >= 0.3 is 0 Å². The number of hydrogen-bond donors (Lipinski definition) is 1. The Labute approximate surface area is 144 Å². The average Bonchev–Trinajstić information content (AvgIpc) is 2.44. The van der Waals surface area contributed by atoms with Crippen LogP contribution < -0.4 is 10.1 Å². The lowest BCUT2D eigenvalue weighted by atomic mass is 9.76. The number of hydrogen-bond acceptors (Lipinski definition) is 3. The van der Waals surface area contributed by atoms with Crippen molar-refractivity contribution >= 4 is 24.8 Å². The number of rotatable bonds is 4. The second kappa shape index (κ2) is 8.92. The lowest BCUT2D eigenvalue weighted by molar-refractivity contribution is 0.0810. The van der Waals surface area contributed by atoms with Gasteiger partial charge in [-0.25, -0.2) is 4.39 Å². The minimum atomic E-state index is -0.0961. The zero-order valence-corrected chi connectivity index (χ0v) is 14.5. The summed E-state index contributed by atoms with van der Waals surface area (Å²) < 4.78 is 19.6. The fourth-order valence-electron chi connectivity index (χ4n) is 3.34. The Balaban J connectivity index is 0.00000121. The molecule has 0 amide bonds. The van der Waals surface area contributed by atoms with Crippen LogP contribution in [0.1, 0.15) is 30.9 Å². The highest BCUT2D eigenvalue weighted by atomic mass is 35.5. The third kappa shape index (κ3) is 4.05. The monoisotopic (exact) mass is 350 g/mol. The number of piperazine rings is 1. The Hall–Kier alpha value is -0.550. The molecule has 0 bridgehead atoms. The minimum absolute atomic E-state index is 0. The maximum atomic E-state index is 14.3. The van der Waals surface area contributed by atoms with Crippen molar-refractivity contribution in [3.8, 4) is 5.75 Å². The SMILES string of the molecule is COc1ccc(F)c([C@@H](C2CCC2)N2CCNCC2)c1.Cl.Cl. The summed E-state index contributed by atoms with van der Waals surface area (Å²) in [7, 11) is 1.64. The van der Waals surface area contributed by atoms with Crippen LogP contribution in [0.25, 0.3) is 0 Å². The highest BCUT2D eigenvalue weighted by molar-refractivity contribution is 5.85. The molecule has 2 aliphatic rings. The molecule has 1 aromatic carbocycles. The summed E-state index contributed by atoms with van der Waals surface area (Å²) in [5.74, 6) is 1.25. The highest BCUT2D eigenvalue weighted by Gasteiger charge is 2.35. The molecule has 1 aromatic rings. The van der Waals surface area contributed by atoms with Crippen LogP contribution >= 0.6 is 24.8 Å². The number of nitrogens with one attached hydrogen (secondary N) is 1. The molecular formula is C16H25Cl2FN2O. The maximum absolute atomic E-state index is 14.3. The van der Waals surface area contributed by atoms with E-state index in [4.69, 9.17) is 4.74 Å². The van der Waals surface area contributed by atoms with Gasteiger partial charge in [0.2, 0.25) is 0 Å². The van der Waals surface area contributed by atoms with Crippen LogP contribution in [-0.2, 0) is 0 Å². The lowest BCUT2D eigenvalue weighted by Crippen LogP contribution is -2.48. The maximum Gasteiger partial charge on any atom is 0.128 e. The summed E-state index contributed by atoms with van der Waals surface area (Å²) in [4.78, 5) is 2.44. The first-order valence-electron chi connectivity index (χ1n) is 7.58. The molecule has 2 fully saturated rings. The number of methoxy groups -OCH3 is 1. The molecular weight excluding hydrogens is 326 g/mol. The van der Waals surface area contributed by atoms with Crippen molar-refractivity contribution in [2.75, 3.05) is 33.3 Å². The van der Waals surface area contributed by atoms with Gasteiger partial charge in [0.25, 0.3) is 0 Å². The molecule has 1 N–H and O–H groups in total. The molecule has 126 valence electrons. The Morgan fingerprint density at radius 3 is 2.45 bits per heavy atom. The molecule has 3 rings (SSSR count). The van der Waals surface area contributed by atoms with E-state index in [0.717, 1.165) is 37.5 Å². The Kier molecular flexibility index (Phi) is 7.90. The van der Waals surface area contributed by atoms with Crippen molar-refractivity contribution in [3.63, 3.8) is 0 Å². The van der Waals surface area contributed by atoms with Crippen molar-refractivity contribution < 1.29 is 9.13 Å². The van der Waals surface area contributed by atoms with E-state index in [0.29, 0.717) is 5.92 Å². The van der Waals surface area contributed by atoms with Crippen LogP contribution in [0, 0.1) is 11.7 Å². The molecule has 1 atom stereocenters. The van der Waals surface area contributed by atoms with Gasteiger partial charge < -0.3 is 10.1 Å². The largest absolute Gasteiger partial charge is 0.497 e. The van der Waals surface area contributed by atoms with Gasteiger partial charge in [0.15, 0.2) is 0 Å². The van der Waals surface area contributed by atoms with Crippen LogP contribution in [0.2, 0.25) is 0 Å². The average molecular weight is 351 g/mol. The van der Waals surface area contributed by atoms with E-state index in [1.54, 1.807) is 19.2 Å². The van der Waals surface area contributed by atoms with Gasteiger partial charge in [-0.15, -0.1) is 24.8 Å². The van der Waals surface area contributed by atoms with Gasteiger partial charge in [0, 0.05) is 37.8 Å². The molecule has 6 heteroatoms. The Bertz CT molecular complexity index is 465. The number of ether oxygens (including phenoxy) is 1. The van der Waals surface area contributed by atoms with Crippen LogP contribution in [0.4, 0.5) is 4.39 Å². The molecule has 1 saturated carbocycles. The van der Waals surface area contributed by atoms with E-state index in [1.807, 2.05) is 6.07 Å². The summed E-state index contributed by atoms with van der Waals surface area (Å²) in [6, 6.07) is 5.34. The summed E-state index contributed by atoms with van der Waals surface area (Å²) in [6.45, 7) is 3.99. The van der Waals surface area contributed by atoms with Gasteiger partial charge in [-0.05, 0) is 37.0 Å². The van der Waals surface area contributed by atoms with Gasteiger partial charge in [-0.3, -0.25) is 4.90 Å². The van der Waals surface area contributed by atoms with Crippen molar-refractivity contribution in [1.29, 1.82) is 0 Å². The van der Waals surface area contributed by atoms with Gasteiger partial charge in [0.05, 0.1) is 7.11 Å². The van der Waals surface area contributed by atoms with Crippen molar-refractivity contribution in [2.24, 2.45) is 5.92 Å². The van der Waals surface area contributed by atoms with Crippen LogP contribution in [0.3, 0.4) is 0 Å². The third-order valence-electron chi connectivity index (χ3n) is 4.66. The van der Waals surface area contributed by atoms with E-state index in [9.17, 15) is 4.39 Å². The van der Waals surface area contributed by atoms with Crippen molar-refractivity contribution in [2.45, 2.75) is 25.3 Å². The zero-order chi connectivity index (χ0) is 13.9. The summed E-state index contributed by atoms with van der Waals surface area (Å²) in [5.41, 5.74) is 0.816. The fourth-order valence-corrected chi connectivity index (χ4v) is 3.34. The second-order valence-electron chi connectivity index (χ2n) is 5.81. The summed E-state index contributed by atoms with van der Waals surface area (Å²) >= 11 is 0. The molecule has 0 aromatic heterocycles. The molecule has 1 saturated heterocycles. The molecule has 1 aliphatic carbocycles. The fraction of sp³-hybridized carbons (Fsp3) is 0.625. The standard InChI is InChI=1S/C16H23FN2O.2ClH/c1-20-13-5-6-15(17)14(11-13)16(12-3-2-4-12)19-9-7-18-8-10-19;;/h5-6,11-12,16,18H,2-4,7-10H2,1H3;2*1H/t16-;;/m1../s1. The molecule has 0 unspecified atom stereocenters. The van der Waals surface area contributed by atoms with Crippen molar-refractivity contribution in [3.05, 3.63) is 29.6 Å². The van der Waals surface area contributed by atoms with E-state index in [1.165, 1.54) is 19.3 Å². The molecule has 0 spiro atoms. The number of halogens is 3. The smallest absolute Gasteiger partial charge is 0.128 e. The molecule has 1 heterocycles. The second-order valence-corrected chi connectivity index (χ2v) is 5.81. The van der Waals surface area contributed by atoms with Crippen LogP contribution in [0.15, 0.2) is 18.2 Å². The summed E-state index contributed by atoms with van der Waals surface area (Å²) in [6.07, 6.45) is 3.70. The van der Waals surface area contributed by atoms with Gasteiger partial charge in [-0.1, -0.05) is 6.42 Å². The number of benzene rings is 1. The topological polar surface area (TPSA) is 24.5 Å². The molecule has 3 nitrogen and oxygen atoms in total. The van der Waals surface area contributed by atoms with Crippen LogP contribution in [0.5, 0.6) is 5.75 Å². The molecule has 22 heavy (non-hydrogen) atoms. The quantitative estimate of drug-likeness (QED) is 0.900. The van der Waals surface area contributed by atoms with E-state index in [2.05, 4.69) is 10.2 Å². The van der Waals surface area contributed by atoms with Gasteiger partial charge in [0.1, 0.15) is 11.6 Å². The Morgan fingerprint density at radius 2 is 1.91 bits per heavy atom. The number of nitrogens with zero attached hydrogens (tertiary/aromatic N) is 1. The Morgan fingerprint density at radius 1 is 1.23 bits per heavy atom. The first kappa shape index (κ1) is 19.5. The highest BCUT2D eigenvalue weighted by Crippen LogP contribution is 2.43. The van der Waals surface area contributed by atoms with Crippen LogP contribution in [-0.4, -0.2) is 38.2 Å². The minimum Gasteiger partial charge on any atom is -0.497 e.